The molecule has 3 rings (SSSR count). The molecule has 8 nitrogen and oxygen atoms in total. The van der Waals surface area contributed by atoms with Gasteiger partial charge in [0.1, 0.15) is 6.33 Å². The van der Waals surface area contributed by atoms with Gasteiger partial charge in [-0.3, -0.25) is 4.79 Å². The number of nitrogens with one attached hydrogen (secondary N) is 1. The van der Waals surface area contributed by atoms with Crippen molar-refractivity contribution in [3.63, 3.8) is 0 Å². The Morgan fingerprint density at radius 3 is 2.35 bits per heavy atom. The highest BCUT2D eigenvalue weighted by Crippen LogP contribution is 2.14. The molecule has 0 aliphatic rings. The Balaban J connectivity index is 1.63. The molecule has 0 radical (unpaired) electrons. The Kier molecular flexibility index (Phi) is 5.33. The van der Waals surface area contributed by atoms with Crippen LogP contribution >= 0.6 is 0 Å². The molecule has 3 aromatic rings. The monoisotopic (exact) mass is 351 g/mol. The van der Waals surface area contributed by atoms with Gasteiger partial charge in [0, 0.05) is 11.3 Å². The number of benzene rings is 2. The highest BCUT2D eigenvalue weighted by atomic mass is 16.5. The minimum absolute atomic E-state index is 0.255. The molecule has 1 aromatic heterocycles. The van der Waals surface area contributed by atoms with E-state index in [-0.39, 0.29) is 11.9 Å². The summed E-state index contributed by atoms with van der Waals surface area (Å²) < 4.78 is 6.57. The molecule has 26 heavy (non-hydrogen) atoms. The van der Waals surface area contributed by atoms with Crippen LogP contribution in [0.3, 0.4) is 0 Å². The van der Waals surface area contributed by atoms with Crippen LogP contribution in [-0.2, 0) is 4.74 Å². The van der Waals surface area contributed by atoms with Crippen LogP contribution in [0.25, 0.3) is 5.69 Å². The fraction of sp³-hybridized carbons (Fsp3) is 0.167. The van der Waals surface area contributed by atoms with Gasteiger partial charge in [0.15, 0.2) is 0 Å². The maximum absolute atomic E-state index is 12.3. The highest BCUT2D eigenvalue weighted by Gasteiger charge is 2.09. The predicted molar refractivity (Wildman–Crippen MR) is 94.1 cm³/mol. The summed E-state index contributed by atoms with van der Waals surface area (Å²) >= 11 is 0. The first kappa shape index (κ1) is 17.3. The normalized spacial score (nSPS) is 10.3. The van der Waals surface area contributed by atoms with Crippen LogP contribution in [0.5, 0.6) is 0 Å². The Labute approximate surface area is 149 Å². The lowest BCUT2D eigenvalue weighted by Crippen LogP contribution is -2.12. The van der Waals surface area contributed by atoms with Crippen molar-refractivity contribution in [1.82, 2.24) is 20.2 Å². The minimum Gasteiger partial charge on any atom is -0.462 e. The highest BCUT2D eigenvalue weighted by molar-refractivity contribution is 6.04. The van der Waals surface area contributed by atoms with Crippen molar-refractivity contribution < 1.29 is 14.3 Å². The lowest BCUT2D eigenvalue weighted by molar-refractivity contribution is 0.0505. The van der Waals surface area contributed by atoms with E-state index in [4.69, 9.17) is 4.74 Å². The summed E-state index contributed by atoms with van der Waals surface area (Å²) in [5.41, 5.74) is 2.28. The molecule has 0 unspecified atom stereocenters. The largest absolute Gasteiger partial charge is 0.462 e. The fourth-order valence-electron chi connectivity index (χ4n) is 2.22. The first-order valence-corrected chi connectivity index (χ1v) is 8.09. The van der Waals surface area contributed by atoms with E-state index in [1.807, 2.05) is 6.92 Å². The number of aromatic nitrogens is 4. The number of anilines is 1. The van der Waals surface area contributed by atoms with Gasteiger partial charge in [-0.15, -0.1) is 5.10 Å². The molecule has 0 saturated carbocycles. The molecule has 1 amide bonds. The molecule has 1 heterocycles. The van der Waals surface area contributed by atoms with Crippen molar-refractivity contribution in [2.24, 2.45) is 0 Å². The van der Waals surface area contributed by atoms with Gasteiger partial charge in [-0.2, -0.15) is 0 Å². The van der Waals surface area contributed by atoms with Crippen molar-refractivity contribution in [2.45, 2.75) is 13.3 Å². The van der Waals surface area contributed by atoms with Gasteiger partial charge in [-0.1, -0.05) is 6.92 Å². The van der Waals surface area contributed by atoms with Crippen LogP contribution in [0, 0.1) is 0 Å². The third-order valence-corrected chi connectivity index (χ3v) is 3.56. The van der Waals surface area contributed by atoms with E-state index >= 15 is 0 Å². The number of hydrogen-bond donors (Lipinski definition) is 1. The summed E-state index contributed by atoms with van der Waals surface area (Å²) in [6.45, 7) is 2.32. The zero-order valence-corrected chi connectivity index (χ0v) is 14.1. The van der Waals surface area contributed by atoms with Crippen LogP contribution < -0.4 is 5.32 Å². The summed E-state index contributed by atoms with van der Waals surface area (Å²) in [5, 5.41) is 13.7. The molecule has 132 valence electrons. The topological polar surface area (TPSA) is 99.0 Å². The fourth-order valence-corrected chi connectivity index (χ4v) is 2.22. The summed E-state index contributed by atoms with van der Waals surface area (Å²) in [4.78, 5) is 24.1. The van der Waals surface area contributed by atoms with E-state index in [1.165, 1.54) is 11.0 Å². The third kappa shape index (κ3) is 4.10. The van der Waals surface area contributed by atoms with Crippen LogP contribution in [0.2, 0.25) is 0 Å². The molecular formula is C18H17N5O3. The van der Waals surface area contributed by atoms with Crippen molar-refractivity contribution >= 4 is 17.6 Å². The van der Waals surface area contributed by atoms with E-state index < -0.39 is 0 Å². The molecule has 0 saturated heterocycles. The van der Waals surface area contributed by atoms with Crippen molar-refractivity contribution in [3.05, 3.63) is 66.0 Å². The second kappa shape index (κ2) is 8.02. The second-order valence-electron chi connectivity index (χ2n) is 5.47. The van der Waals surface area contributed by atoms with E-state index in [1.54, 1.807) is 48.5 Å². The van der Waals surface area contributed by atoms with Crippen LogP contribution in [0.15, 0.2) is 54.9 Å². The van der Waals surface area contributed by atoms with Gasteiger partial charge >= 0.3 is 5.97 Å². The van der Waals surface area contributed by atoms with Gasteiger partial charge in [0.2, 0.25) is 0 Å². The predicted octanol–water partition coefficient (Wildman–Crippen LogP) is 2.48. The summed E-state index contributed by atoms with van der Waals surface area (Å²) in [6.07, 6.45) is 2.24. The lowest BCUT2D eigenvalue weighted by Gasteiger charge is -2.07. The lowest BCUT2D eigenvalue weighted by atomic mass is 10.1. The Morgan fingerprint density at radius 1 is 1.04 bits per heavy atom. The van der Waals surface area contributed by atoms with Gasteiger partial charge in [-0.25, -0.2) is 9.48 Å². The molecule has 0 aliphatic heterocycles. The number of hydrogen-bond acceptors (Lipinski definition) is 6. The Bertz CT molecular complexity index is 874. The van der Waals surface area contributed by atoms with Gasteiger partial charge in [0.05, 0.1) is 17.9 Å². The smallest absolute Gasteiger partial charge is 0.338 e. The molecule has 2 aromatic carbocycles. The molecular weight excluding hydrogens is 334 g/mol. The van der Waals surface area contributed by atoms with Crippen molar-refractivity contribution in [3.8, 4) is 5.69 Å². The number of amides is 1. The summed E-state index contributed by atoms with van der Waals surface area (Å²) in [7, 11) is 0. The Morgan fingerprint density at radius 2 is 1.73 bits per heavy atom. The zero-order chi connectivity index (χ0) is 18.4. The maximum atomic E-state index is 12.3. The standard InChI is InChI=1S/C18H17N5O3/c1-2-11-26-18(25)14-3-7-15(8-4-14)20-17(24)13-5-9-16(10-6-13)23-12-19-21-22-23/h3-10,12H,2,11H2,1H3,(H,20,24). The van der Waals surface area contributed by atoms with Crippen LogP contribution in [0.4, 0.5) is 5.69 Å². The molecule has 0 atom stereocenters. The number of nitrogens with zero attached hydrogens (tertiary/aromatic N) is 4. The van der Waals surface area contributed by atoms with E-state index in [0.717, 1.165) is 12.1 Å². The number of rotatable bonds is 6. The molecule has 0 fully saturated rings. The first-order chi connectivity index (χ1) is 12.7. The molecule has 0 aliphatic carbocycles. The van der Waals surface area contributed by atoms with Crippen molar-refractivity contribution in [2.75, 3.05) is 11.9 Å². The number of tetrazole rings is 1. The average molecular weight is 351 g/mol. The summed E-state index contributed by atoms with van der Waals surface area (Å²) in [6, 6.07) is 13.4. The zero-order valence-electron chi connectivity index (χ0n) is 14.1. The van der Waals surface area contributed by atoms with Gasteiger partial charge < -0.3 is 10.1 Å². The van der Waals surface area contributed by atoms with Gasteiger partial charge in [-0.05, 0) is 65.4 Å². The van der Waals surface area contributed by atoms with Gasteiger partial charge in [0.25, 0.3) is 5.91 Å². The number of ether oxygens (including phenoxy) is 1. The summed E-state index contributed by atoms with van der Waals surface area (Å²) in [5.74, 6) is -0.627. The van der Waals surface area contributed by atoms with Crippen LogP contribution in [0.1, 0.15) is 34.1 Å². The number of esters is 1. The third-order valence-electron chi connectivity index (χ3n) is 3.56. The molecule has 8 heteroatoms. The maximum Gasteiger partial charge on any atom is 0.338 e. The van der Waals surface area contributed by atoms with E-state index in [9.17, 15) is 9.59 Å². The first-order valence-electron chi connectivity index (χ1n) is 8.09. The average Bonchev–Trinajstić information content (AvgIpc) is 3.21. The number of carbonyl (C=O) groups is 2. The quantitative estimate of drug-likeness (QED) is 0.685. The van der Waals surface area contributed by atoms with Crippen LogP contribution in [-0.4, -0.2) is 38.7 Å². The number of carbonyl (C=O) groups excluding carboxylic acids is 2. The van der Waals surface area contributed by atoms with E-state index in [2.05, 4.69) is 20.8 Å². The SMILES string of the molecule is CCCOC(=O)c1ccc(NC(=O)c2ccc(-n3cnnn3)cc2)cc1. The van der Waals surface area contributed by atoms with Crippen molar-refractivity contribution in [1.29, 1.82) is 0 Å². The van der Waals surface area contributed by atoms with E-state index in [0.29, 0.717) is 23.4 Å². The molecule has 0 spiro atoms. The Hall–Kier alpha value is -3.55. The molecule has 0 bridgehead atoms. The minimum atomic E-state index is -0.372. The molecule has 1 N–H and O–H groups in total. The second-order valence-corrected chi connectivity index (χ2v) is 5.47.